The second-order valence-electron chi connectivity index (χ2n) is 5.70. The molecule has 1 aromatic rings. The molecule has 1 fully saturated rings. The molecule has 20 heavy (non-hydrogen) atoms. The van der Waals surface area contributed by atoms with Crippen LogP contribution in [0.25, 0.3) is 6.08 Å². The summed E-state index contributed by atoms with van der Waals surface area (Å²) in [7, 11) is 0. The van der Waals surface area contributed by atoms with E-state index in [0.29, 0.717) is 6.54 Å². The van der Waals surface area contributed by atoms with Crippen molar-refractivity contribution in [3.05, 3.63) is 40.4 Å². The highest BCUT2D eigenvalue weighted by atomic mass is 79.9. The number of aliphatic hydroxyl groups is 1. The third-order valence-electron chi connectivity index (χ3n) is 3.66. The number of hydrogen-bond donors (Lipinski definition) is 1. The van der Waals surface area contributed by atoms with Crippen molar-refractivity contribution in [2.24, 2.45) is 0 Å². The number of carbonyl (C=O) groups is 1. The average Bonchev–Trinajstić information content (AvgIpc) is 2.86. The van der Waals surface area contributed by atoms with Crippen LogP contribution in [0.5, 0.6) is 0 Å². The molecule has 0 saturated carbocycles. The lowest BCUT2D eigenvalue weighted by atomic mass is 9.96. The fourth-order valence-electron chi connectivity index (χ4n) is 2.63. The fourth-order valence-corrected chi connectivity index (χ4v) is 3.05. The number of amides is 1. The molecule has 0 aliphatic carbocycles. The first kappa shape index (κ1) is 15.3. The minimum Gasteiger partial charge on any atom is -0.388 e. The molecular formula is C16H20BrNO2. The molecule has 1 aromatic carbocycles. The Morgan fingerprint density at radius 1 is 1.45 bits per heavy atom. The SMILES string of the molecule is CC(C)(O)C1CCCN1C(=O)/C=C/c1ccccc1Br. The van der Waals surface area contributed by atoms with Gasteiger partial charge in [0.2, 0.25) is 5.91 Å². The van der Waals surface area contributed by atoms with E-state index in [0.717, 1.165) is 22.9 Å². The number of halogens is 1. The van der Waals surface area contributed by atoms with Gasteiger partial charge in [0, 0.05) is 17.1 Å². The van der Waals surface area contributed by atoms with E-state index in [9.17, 15) is 9.90 Å². The second kappa shape index (κ2) is 6.10. The average molecular weight is 338 g/mol. The van der Waals surface area contributed by atoms with E-state index in [-0.39, 0.29) is 11.9 Å². The zero-order valence-corrected chi connectivity index (χ0v) is 13.4. The van der Waals surface area contributed by atoms with Crippen LogP contribution in [0.1, 0.15) is 32.3 Å². The van der Waals surface area contributed by atoms with Crippen LogP contribution in [0.15, 0.2) is 34.8 Å². The largest absolute Gasteiger partial charge is 0.388 e. The Morgan fingerprint density at radius 2 is 2.15 bits per heavy atom. The summed E-state index contributed by atoms with van der Waals surface area (Å²) in [5, 5.41) is 10.1. The number of rotatable bonds is 3. The zero-order chi connectivity index (χ0) is 14.8. The molecule has 0 radical (unpaired) electrons. The predicted molar refractivity (Wildman–Crippen MR) is 84.2 cm³/mol. The number of likely N-dealkylation sites (tertiary alicyclic amines) is 1. The van der Waals surface area contributed by atoms with E-state index in [1.807, 2.05) is 30.3 Å². The normalized spacial score (nSPS) is 19.8. The lowest BCUT2D eigenvalue weighted by Crippen LogP contribution is -2.47. The summed E-state index contributed by atoms with van der Waals surface area (Å²) >= 11 is 3.46. The highest BCUT2D eigenvalue weighted by Crippen LogP contribution is 2.27. The Labute approximate surface area is 128 Å². The maximum absolute atomic E-state index is 12.3. The molecule has 1 amide bonds. The smallest absolute Gasteiger partial charge is 0.246 e. The molecule has 1 N–H and O–H groups in total. The topological polar surface area (TPSA) is 40.5 Å². The van der Waals surface area contributed by atoms with Gasteiger partial charge in [-0.05, 0) is 44.4 Å². The Bertz CT molecular complexity index is 519. The van der Waals surface area contributed by atoms with Crippen LogP contribution in [-0.2, 0) is 4.79 Å². The lowest BCUT2D eigenvalue weighted by molar-refractivity contribution is -0.131. The van der Waals surface area contributed by atoms with Crippen LogP contribution in [0.2, 0.25) is 0 Å². The van der Waals surface area contributed by atoms with E-state index in [4.69, 9.17) is 0 Å². The first-order valence-electron chi connectivity index (χ1n) is 6.85. The molecule has 1 atom stereocenters. The molecule has 0 aromatic heterocycles. The summed E-state index contributed by atoms with van der Waals surface area (Å²) in [5.74, 6) is -0.0367. The van der Waals surface area contributed by atoms with E-state index >= 15 is 0 Å². The van der Waals surface area contributed by atoms with Crippen LogP contribution in [0.3, 0.4) is 0 Å². The molecule has 0 spiro atoms. The summed E-state index contributed by atoms with van der Waals surface area (Å²) in [4.78, 5) is 14.1. The zero-order valence-electron chi connectivity index (χ0n) is 11.8. The summed E-state index contributed by atoms with van der Waals surface area (Å²) in [5.41, 5.74) is 0.118. The molecule has 1 aliphatic rings. The molecular weight excluding hydrogens is 318 g/mol. The quantitative estimate of drug-likeness (QED) is 0.860. The minimum atomic E-state index is -0.854. The van der Waals surface area contributed by atoms with Gasteiger partial charge >= 0.3 is 0 Å². The summed E-state index contributed by atoms with van der Waals surface area (Å²) in [6.07, 6.45) is 5.21. The lowest BCUT2D eigenvalue weighted by Gasteiger charge is -2.33. The molecule has 1 unspecified atom stereocenters. The van der Waals surface area contributed by atoms with E-state index in [1.54, 1.807) is 24.8 Å². The van der Waals surface area contributed by atoms with Gasteiger partial charge in [0.1, 0.15) is 0 Å². The Hall–Kier alpha value is -1.13. The van der Waals surface area contributed by atoms with Gasteiger partial charge in [-0.2, -0.15) is 0 Å². The van der Waals surface area contributed by atoms with Gasteiger partial charge in [0.25, 0.3) is 0 Å². The summed E-state index contributed by atoms with van der Waals surface area (Å²) in [6, 6.07) is 7.67. The minimum absolute atomic E-state index is 0.0367. The highest BCUT2D eigenvalue weighted by molar-refractivity contribution is 9.10. The highest BCUT2D eigenvalue weighted by Gasteiger charge is 2.37. The number of nitrogens with zero attached hydrogens (tertiary/aromatic N) is 1. The van der Waals surface area contributed by atoms with Crippen molar-refractivity contribution in [1.82, 2.24) is 4.90 Å². The molecule has 2 rings (SSSR count). The molecule has 1 heterocycles. The van der Waals surface area contributed by atoms with E-state index < -0.39 is 5.60 Å². The summed E-state index contributed by atoms with van der Waals surface area (Å²) in [6.45, 7) is 4.25. The van der Waals surface area contributed by atoms with Crippen molar-refractivity contribution >= 4 is 27.9 Å². The van der Waals surface area contributed by atoms with Crippen LogP contribution in [0.4, 0.5) is 0 Å². The van der Waals surface area contributed by atoms with Crippen LogP contribution in [-0.4, -0.2) is 34.1 Å². The molecule has 0 bridgehead atoms. The van der Waals surface area contributed by atoms with Crippen molar-refractivity contribution in [3.8, 4) is 0 Å². The van der Waals surface area contributed by atoms with Gasteiger partial charge < -0.3 is 10.0 Å². The molecule has 1 aliphatic heterocycles. The fraction of sp³-hybridized carbons (Fsp3) is 0.438. The Balaban J connectivity index is 2.10. The van der Waals surface area contributed by atoms with Gasteiger partial charge in [0.05, 0.1) is 11.6 Å². The first-order chi connectivity index (χ1) is 9.39. The van der Waals surface area contributed by atoms with Crippen molar-refractivity contribution in [2.45, 2.75) is 38.3 Å². The maximum atomic E-state index is 12.3. The molecule has 3 nitrogen and oxygen atoms in total. The van der Waals surface area contributed by atoms with Gasteiger partial charge in [-0.1, -0.05) is 34.1 Å². The van der Waals surface area contributed by atoms with Gasteiger partial charge in [-0.25, -0.2) is 0 Å². The standard InChI is InChI=1S/C16H20BrNO2/c1-16(2,20)14-8-5-11-18(14)15(19)10-9-12-6-3-4-7-13(12)17/h3-4,6-7,9-10,14,20H,5,8,11H2,1-2H3/b10-9+. The van der Waals surface area contributed by atoms with Gasteiger partial charge in [0.15, 0.2) is 0 Å². The third kappa shape index (κ3) is 3.49. The van der Waals surface area contributed by atoms with Gasteiger partial charge in [-0.15, -0.1) is 0 Å². The monoisotopic (exact) mass is 337 g/mol. The second-order valence-corrected chi connectivity index (χ2v) is 6.55. The first-order valence-corrected chi connectivity index (χ1v) is 7.64. The van der Waals surface area contributed by atoms with Gasteiger partial charge in [-0.3, -0.25) is 4.79 Å². The molecule has 108 valence electrons. The van der Waals surface area contributed by atoms with Crippen LogP contribution >= 0.6 is 15.9 Å². The Morgan fingerprint density at radius 3 is 2.80 bits per heavy atom. The van der Waals surface area contributed by atoms with Crippen LogP contribution < -0.4 is 0 Å². The molecule has 1 saturated heterocycles. The summed E-state index contributed by atoms with van der Waals surface area (Å²) < 4.78 is 0.963. The Kier molecular flexibility index (Phi) is 4.66. The number of hydrogen-bond acceptors (Lipinski definition) is 2. The van der Waals surface area contributed by atoms with E-state index in [2.05, 4.69) is 15.9 Å². The van der Waals surface area contributed by atoms with Crippen molar-refractivity contribution in [3.63, 3.8) is 0 Å². The number of benzene rings is 1. The predicted octanol–water partition coefficient (Wildman–Crippen LogP) is 3.22. The van der Waals surface area contributed by atoms with E-state index in [1.165, 1.54) is 0 Å². The van der Waals surface area contributed by atoms with Crippen molar-refractivity contribution < 1.29 is 9.90 Å². The van der Waals surface area contributed by atoms with Crippen molar-refractivity contribution in [1.29, 1.82) is 0 Å². The third-order valence-corrected chi connectivity index (χ3v) is 4.38. The maximum Gasteiger partial charge on any atom is 0.246 e. The van der Waals surface area contributed by atoms with Crippen molar-refractivity contribution in [2.75, 3.05) is 6.54 Å². The number of carbonyl (C=O) groups excluding carboxylic acids is 1. The molecule has 4 heteroatoms. The van der Waals surface area contributed by atoms with Crippen LogP contribution in [0, 0.1) is 0 Å².